The second kappa shape index (κ2) is 14.0. The lowest BCUT2D eigenvalue weighted by molar-refractivity contribution is 0.0497. The van der Waals surface area contributed by atoms with Gasteiger partial charge in [-0.05, 0) is 42.8 Å². The van der Waals surface area contributed by atoms with E-state index in [2.05, 4.69) is 6.92 Å². The summed E-state index contributed by atoms with van der Waals surface area (Å²) >= 11 is 11.3. The number of carbonyl (C=O) groups is 2. The van der Waals surface area contributed by atoms with Gasteiger partial charge in [0.2, 0.25) is 0 Å². The summed E-state index contributed by atoms with van der Waals surface area (Å²) in [5, 5.41) is 9.38. The van der Waals surface area contributed by atoms with E-state index in [0.717, 1.165) is 12.8 Å². The predicted octanol–water partition coefficient (Wildman–Crippen LogP) is 6.90. The molecule has 152 valence electrons. The number of carboxylic acid groups (broad SMARTS) is 1. The number of hydrogen-bond acceptors (Lipinski definition) is 3. The molecule has 1 N–H and O–H groups in total. The van der Waals surface area contributed by atoms with Gasteiger partial charge < -0.3 is 9.84 Å². The van der Waals surface area contributed by atoms with Gasteiger partial charge in [-0.1, -0.05) is 74.4 Å². The topological polar surface area (TPSA) is 63.6 Å². The molecule has 0 saturated carbocycles. The third-order valence-corrected chi connectivity index (χ3v) is 4.50. The molecular weight excluding hydrogens is 399 g/mol. The van der Waals surface area contributed by atoms with Crippen LogP contribution in [0.4, 0.5) is 0 Å². The molecule has 0 amide bonds. The summed E-state index contributed by atoms with van der Waals surface area (Å²) < 4.78 is 5.19. The van der Waals surface area contributed by atoms with Gasteiger partial charge in [0.15, 0.2) is 0 Å². The molecule has 0 aliphatic carbocycles. The van der Waals surface area contributed by atoms with Crippen molar-refractivity contribution in [3.8, 4) is 0 Å². The van der Waals surface area contributed by atoms with E-state index < -0.39 is 5.97 Å². The molecule has 2 aromatic rings. The highest BCUT2D eigenvalue weighted by molar-refractivity contribution is 6.33. The van der Waals surface area contributed by atoms with E-state index in [1.165, 1.54) is 31.7 Å². The number of rotatable bonds is 9. The fourth-order valence-electron chi connectivity index (χ4n) is 2.35. The van der Waals surface area contributed by atoms with Gasteiger partial charge in [-0.3, -0.25) is 0 Å². The first-order valence-electron chi connectivity index (χ1n) is 9.36. The van der Waals surface area contributed by atoms with E-state index in [0.29, 0.717) is 17.2 Å². The Labute approximate surface area is 176 Å². The zero-order valence-corrected chi connectivity index (χ0v) is 17.5. The highest BCUT2D eigenvalue weighted by Gasteiger charge is 2.06. The molecule has 0 aromatic heterocycles. The third-order valence-electron chi connectivity index (χ3n) is 3.92. The maximum Gasteiger partial charge on any atom is 0.338 e. The number of aromatic carboxylic acids is 1. The smallest absolute Gasteiger partial charge is 0.338 e. The van der Waals surface area contributed by atoms with E-state index in [4.69, 9.17) is 33.0 Å². The molecule has 0 aliphatic heterocycles. The number of carbonyl (C=O) groups excluding carboxylic acids is 1. The Bertz CT molecular complexity index is 730. The minimum absolute atomic E-state index is 0.143. The standard InChI is InChI=1S/C15H21ClO2.C7H5ClO2/c1-2-3-4-5-6-7-12-18-15(17)13-8-10-14(16)11-9-13;8-6-4-2-1-3-5(6)7(9)10/h8-11H,2-7,12H2,1H3;1-4H,(H,9,10). The van der Waals surface area contributed by atoms with Gasteiger partial charge in [0, 0.05) is 5.02 Å². The molecule has 28 heavy (non-hydrogen) atoms. The average Bonchev–Trinajstić information content (AvgIpc) is 2.68. The quantitative estimate of drug-likeness (QED) is 0.351. The van der Waals surface area contributed by atoms with E-state index in [-0.39, 0.29) is 16.6 Å². The minimum Gasteiger partial charge on any atom is -0.478 e. The molecule has 4 nitrogen and oxygen atoms in total. The van der Waals surface area contributed by atoms with Crippen molar-refractivity contribution < 1.29 is 19.4 Å². The van der Waals surface area contributed by atoms with Gasteiger partial charge in [-0.15, -0.1) is 0 Å². The Morgan fingerprint density at radius 3 is 2.07 bits per heavy atom. The monoisotopic (exact) mass is 424 g/mol. The van der Waals surface area contributed by atoms with Crippen molar-refractivity contribution in [3.05, 3.63) is 69.7 Å². The highest BCUT2D eigenvalue weighted by atomic mass is 35.5. The van der Waals surface area contributed by atoms with Gasteiger partial charge in [-0.2, -0.15) is 0 Å². The maximum absolute atomic E-state index is 11.6. The summed E-state index contributed by atoms with van der Waals surface area (Å²) in [5.74, 6) is -1.26. The second-order valence-electron chi connectivity index (χ2n) is 6.20. The Morgan fingerprint density at radius 2 is 1.50 bits per heavy atom. The van der Waals surface area contributed by atoms with Crippen molar-refractivity contribution in [2.45, 2.75) is 45.4 Å². The molecule has 0 aliphatic rings. The number of ether oxygens (including phenoxy) is 1. The molecule has 0 unspecified atom stereocenters. The number of carboxylic acids is 1. The van der Waals surface area contributed by atoms with Crippen LogP contribution < -0.4 is 0 Å². The van der Waals surface area contributed by atoms with Gasteiger partial charge >= 0.3 is 11.9 Å². The van der Waals surface area contributed by atoms with Gasteiger partial charge in [0.05, 0.1) is 22.8 Å². The van der Waals surface area contributed by atoms with Gasteiger partial charge in [0.1, 0.15) is 0 Å². The van der Waals surface area contributed by atoms with Crippen LogP contribution in [0.1, 0.15) is 66.2 Å². The SMILES string of the molecule is CCCCCCCCOC(=O)c1ccc(Cl)cc1.O=C(O)c1ccccc1Cl. The Hall–Kier alpha value is -2.04. The van der Waals surface area contributed by atoms with Crippen LogP contribution in [-0.4, -0.2) is 23.7 Å². The van der Waals surface area contributed by atoms with Crippen LogP contribution in [0.3, 0.4) is 0 Å². The molecule has 0 radical (unpaired) electrons. The summed E-state index contributed by atoms with van der Waals surface area (Å²) in [6, 6.07) is 13.1. The lowest BCUT2D eigenvalue weighted by atomic mass is 10.1. The van der Waals surface area contributed by atoms with Crippen LogP contribution >= 0.6 is 23.2 Å². The predicted molar refractivity (Wildman–Crippen MR) is 114 cm³/mol. The van der Waals surface area contributed by atoms with Crippen LogP contribution in [0, 0.1) is 0 Å². The van der Waals surface area contributed by atoms with E-state index in [1.807, 2.05) is 0 Å². The molecule has 0 heterocycles. The van der Waals surface area contributed by atoms with E-state index >= 15 is 0 Å². The average molecular weight is 425 g/mol. The zero-order valence-electron chi connectivity index (χ0n) is 16.0. The van der Waals surface area contributed by atoms with E-state index in [9.17, 15) is 9.59 Å². The highest BCUT2D eigenvalue weighted by Crippen LogP contribution is 2.14. The summed E-state index contributed by atoms with van der Waals surface area (Å²) in [6.07, 6.45) is 7.14. The molecule has 0 spiro atoms. The van der Waals surface area contributed by atoms with Crippen LogP contribution in [0.5, 0.6) is 0 Å². The molecule has 0 bridgehead atoms. The normalized spacial score (nSPS) is 9.96. The van der Waals surface area contributed by atoms with Gasteiger partial charge in [-0.25, -0.2) is 9.59 Å². The first-order valence-corrected chi connectivity index (χ1v) is 10.1. The Morgan fingerprint density at radius 1 is 0.893 bits per heavy atom. The van der Waals surface area contributed by atoms with Crippen LogP contribution in [-0.2, 0) is 4.74 Å². The van der Waals surface area contributed by atoms with Crippen molar-refractivity contribution >= 4 is 35.1 Å². The molecule has 2 rings (SSSR count). The molecular formula is C22H26Cl2O4. The summed E-state index contributed by atoms with van der Waals surface area (Å²) in [6.45, 7) is 2.71. The Kier molecular flexibility index (Phi) is 12.0. The second-order valence-corrected chi connectivity index (χ2v) is 7.04. The summed E-state index contributed by atoms with van der Waals surface area (Å²) in [4.78, 5) is 22.0. The van der Waals surface area contributed by atoms with Crippen LogP contribution in [0.15, 0.2) is 48.5 Å². The van der Waals surface area contributed by atoms with Crippen LogP contribution in [0.2, 0.25) is 10.0 Å². The molecule has 6 heteroatoms. The number of benzene rings is 2. The summed E-state index contributed by atoms with van der Waals surface area (Å²) in [7, 11) is 0. The Balaban J connectivity index is 0.000000330. The van der Waals surface area contributed by atoms with Gasteiger partial charge in [0.25, 0.3) is 0 Å². The molecule has 2 aromatic carbocycles. The largest absolute Gasteiger partial charge is 0.478 e. The minimum atomic E-state index is -0.995. The van der Waals surface area contributed by atoms with Crippen molar-refractivity contribution in [2.75, 3.05) is 6.61 Å². The fraction of sp³-hybridized carbons (Fsp3) is 0.364. The van der Waals surface area contributed by atoms with Crippen molar-refractivity contribution in [3.63, 3.8) is 0 Å². The zero-order chi connectivity index (χ0) is 20.8. The number of esters is 1. The molecule has 0 saturated heterocycles. The van der Waals surface area contributed by atoms with E-state index in [1.54, 1.807) is 42.5 Å². The first kappa shape index (κ1) is 24.0. The van der Waals surface area contributed by atoms with Crippen LogP contribution in [0.25, 0.3) is 0 Å². The molecule has 0 atom stereocenters. The number of halogens is 2. The van der Waals surface area contributed by atoms with Crippen molar-refractivity contribution in [1.82, 2.24) is 0 Å². The first-order chi connectivity index (χ1) is 13.5. The third kappa shape index (κ3) is 9.77. The molecule has 0 fully saturated rings. The lowest BCUT2D eigenvalue weighted by Gasteiger charge is -2.04. The van der Waals surface area contributed by atoms with Crippen molar-refractivity contribution in [1.29, 1.82) is 0 Å². The number of unbranched alkanes of at least 4 members (excludes halogenated alkanes) is 5. The summed E-state index contributed by atoms with van der Waals surface area (Å²) in [5.41, 5.74) is 0.703. The maximum atomic E-state index is 11.6. The van der Waals surface area contributed by atoms with Crippen molar-refractivity contribution in [2.24, 2.45) is 0 Å². The fourth-order valence-corrected chi connectivity index (χ4v) is 2.69. The number of hydrogen-bond donors (Lipinski definition) is 1. The lowest BCUT2D eigenvalue weighted by Crippen LogP contribution is -2.06.